The monoisotopic (exact) mass is 320 g/mol. The first-order chi connectivity index (χ1) is 11.7. The zero-order chi connectivity index (χ0) is 16.8. The van der Waals surface area contributed by atoms with E-state index in [-0.39, 0.29) is 5.56 Å². The quantitative estimate of drug-likeness (QED) is 0.677. The van der Waals surface area contributed by atoms with Crippen molar-refractivity contribution in [1.82, 2.24) is 0 Å². The molecule has 3 aromatic rings. The van der Waals surface area contributed by atoms with Crippen molar-refractivity contribution in [2.45, 2.75) is 6.29 Å². The van der Waals surface area contributed by atoms with Gasteiger partial charge in [0.25, 0.3) is 6.29 Å². The minimum absolute atomic E-state index is 0.148. The first kappa shape index (κ1) is 15.6. The Balaban J connectivity index is 1.97. The van der Waals surface area contributed by atoms with Gasteiger partial charge in [-0.2, -0.15) is 0 Å². The van der Waals surface area contributed by atoms with Gasteiger partial charge in [-0.05, 0) is 30.3 Å². The van der Waals surface area contributed by atoms with Crippen LogP contribution in [0.1, 0.15) is 22.2 Å². The second-order valence-electron chi connectivity index (χ2n) is 5.09. The maximum atomic E-state index is 11.5. The van der Waals surface area contributed by atoms with E-state index >= 15 is 0 Å². The molecular weight excluding hydrogens is 304 g/mol. The molecule has 0 unspecified atom stereocenters. The van der Waals surface area contributed by atoms with Crippen LogP contribution in [0, 0.1) is 0 Å². The minimum atomic E-state index is -1.02. The van der Waals surface area contributed by atoms with E-state index in [1.807, 2.05) is 36.4 Å². The highest BCUT2D eigenvalue weighted by Gasteiger charge is 2.22. The van der Waals surface area contributed by atoms with Crippen LogP contribution in [0.3, 0.4) is 0 Å². The van der Waals surface area contributed by atoms with E-state index in [0.29, 0.717) is 17.1 Å². The van der Waals surface area contributed by atoms with Crippen molar-refractivity contribution >= 4 is 5.97 Å². The molecule has 0 fully saturated rings. The third-order valence-corrected chi connectivity index (χ3v) is 3.42. The average Bonchev–Trinajstić information content (AvgIpc) is 2.63. The fourth-order valence-corrected chi connectivity index (χ4v) is 2.29. The summed E-state index contributed by atoms with van der Waals surface area (Å²) in [6, 6.07) is 25.0. The summed E-state index contributed by atoms with van der Waals surface area (Å²) in [4.78, 5) is 11.5. The molecule has 0 aromatic heterocycles. The second-order valence-corrected chi connectivity index (χ2v) is 5.09. The molecule has 0 amide bonds. The molecule has 120 valence electrons. The number of benzene rings is 3. The van der Waals surface area contributed by atoms with Gasteiger partial charge in [-0.3, -0.25) is 0 Å². The lowest BCUT2D eigenvalue weighted by molar-refractivity contribution is 0.00257. The molecule has 0 aliphatic rings. The SMILES string of the molecule is O=C(O)c1ccccc1C(Oc1ccccc1)Oc1ccccc1. The molecule has 24 heavy (non-hydrogen) atoms. The van der Waals surface area contributed by atoms with E-state index in [0.717, 1.165) is 0 Å². The van der Waals surface area contributed by atoms with Gasteiger partial charge in [-0.15, -0.1) is 0 Å². The summed E-state index contributed by atoms with van der Waals surface area (Å²) in [6.45, 7) is 0. The maximum Gasteiger partial charge on any atom is 0.336 e. The number of hydrogen-bond acceptors (Lipinski definition) is 3. The summed E-state index contributed by atoms with van der Waals surface area (Å²) >= 11 is 0. The van der Waals surface area contributed by atoms with E-state index in [9.17, 15) is 9.90 Å². The predicted molar refractivity (Wildman–Crippen MR) is 90.3 cm³/mol. The fourth-order valence-electron chi connectivity index (χ4n) is 2.29. The Labute approximate surface area is 139 Å². The van der Waals surface area contributed by atoms with Crippen LogP contribution in [-0.2, 0) is 0 Å². The molecule has 0 saturated carbocycles. The Morgan fingerprint density at radius 3 is 1.67 bits per heavy atom. The Morgan fingerprint density at radius 2 is 1.17 bits per heavy atom. The molecule has 0 aliphatic heterocycles. The van der Waals surface area contributed by atoms with Crippen LogP contribution < -0.4 is 9.47 Å². The van der Waals surface area contributed by atoms with Crippen LogP contribution in [0.4, 0.5) is 0 Å². The summed E-state index contributed by atoms with van der Waals surface area (Å²) in [5.74, 6) is 0.168. The van der Waals surface area contributed by atoms with Crippen LogP contribution in [0.2, 0.25) is 0 Å². The van der Waals surface area contributed by atoms with E-state index in [4.69, 9.17) is 9.47 Å². The average molecular weight is 320 g/mol. The topological polar surface area (TPSA) is 55.8 Å². The summed E-state index contributed by atoms with van der Waals surface area (Å²) in [6.07, 6.45) is -0.873. The van der Waals surface area contributed by atoms with Crippen molar-refractivity contribution < 1.29 is 19.4 Å². The van der Waals surface area contributed by atoms with Crippen molar-refractivity contribution in [1.29, 1.82) is 0 Å². The van der Waals surface area contributed by atoms with E-state index in [1.165, 1.54) is 6.07 Å². The molecule has 1 N–H and O–H groups in total. The van der Waals surface area contributed by atoms with Crippen LogP contribution in [0.15, 0.2) is 84.9 Å². The van der Waals surface area contributed by atoms with Crippen molar-refractivity contribution in [3.63, 3.8) is 0 Å². The van der Waals surface area contributed by atoms with Gasteiger partial charge in [0.2, 0.25) is 0 Å². The zero-order valence-electron chi connectivity index (χ0n) is 12.8. The zero-order valence-corrected chi connectivity index (χ0v) is 12.8. The third-order valence-electron chi connectivity index (χ3n) is 3.42. The van der Waals surface area contributed by atoms with Crippen molar-refractivity contribution in [2.75, 3.05) is 0 Å². The lowest BCUT2D eigenvalue weighted by Crippen LogP contribution is -2.18. The first-order valence-corrected chi connectivity index (χ1v) is 7.49. The van der Waals surface area contributed by atoms with Crippen LogP contribution >= 0.6 is 0 Å². The minimum Gasteiger partial charge on any atom is -0.478 e. The first-order valence-electron chi connectivity index (χ1n) is 7.49. The fraction of sp³-hybridized carbons (Fsp3) is 0.0500. The molecule has 3 rings (SSSR count). The van der Waals surface area contributed by atoms with E-state index < -0.39 is 12.3 Å². The number of aromatic carboxylic acids is 1. The number of carboxylic acid groups (broad SMARTS) is 1. The smallest absolute Gasteiger partial charge is 0.336 e. The van der Waals surface area contributed by atoms with Crippen LogP contribution in [-0.4, -0.2) is 11.1 Å². The summed E-state index contributed by atoms with van der Waals surface area (Å²) in [5, 5.41) is 9.44. The van der Waals surface area contributed by atoms with Crippen LogP contribution in [0.5, 0.6) is 11.5 Å². The molecule has 4 heteroatoms. The molecule has 0 saturated heterocycles. The Hall–Kier alpha value is -3.27. The third kappa shape index (κ3) is 3.73. The van der Waals surface area contributed by atoms with E-state index in [1.54, 1.807) is 42.5 Å². The van der Waals surface area contributed by atoms with Gasteiger partial charge < -0.3 is 14.6 Å². The largest absolute Gasteiger partial charge is 0.478 e. The van der Waals surface area contributed by atoms with Gasteiger partial charge in [0.1, 0.15) is 11.5 Å². The highest BCUT2D eigenvalue weighted by atomic mass is 16.7. The number of carboxylic acids is 1. The Morgan fingerprint density at radius 1 is 0.708 bits per heavy atom. The van der Waals surface area contributed by atoms with Gasteiger partial charge in [0.05, 0.1) is 5.56 Å². The van der Waals surface area contributed by atoms with Gasteiger partial charge in [-0.25, -0.2) is 4.79 Å². The standard InChI is InChI=1S/C20H16O4/c21-19(22)17-13-7-8-14-18(17)20(23-15-9-3-1-4-10-15)24-16-11-5-2-6-12-16/h1-14,20H,(H,21,22). The normalized spacial score (nSPS) is 10.4. The molecule has 0 bridgehead atoms. The number of ether oxygens (including phenoxy) is 2. The van der Waals surface area contributed by atoms with Gasteiger partial charge in [0, 0.05) is 5.56 Å². The molecule has 0 spiro atoms. The molecule has 0 radical (unpaired) electrons. The van der Waals surface area contributed by atoms with Crippen molar-refractivity contribution in [3.05, 3.63) is 96.1 Å². The van der Waals surface area contributed by atoms with E-state index in [2.05, 4.69) is 0 Å². The van der Waals surface area contributed by atoms with Crippen molar-refractivity contribution in [2.24, 2.45) is 0 Å². The predicted octanol–water partition coefficient (Wildman–Crippen LogP) is 4.54. The van der Waals surface area contributed by atoms with Gasteiger partial charge in [0.15, 0.2) is 0 Å². The summed E-state index contributed by atoms with van der Waals surface area (Å²) in [7, 11) is 0. The lowest BCUT2D eigenvalue weighted by atomic mass is 10.1. The number of hydrogen-bond donors (Lipinski definition) is 1. The van der Waals surface area contributed by atoms with Crippen LogP contribution in [0.25, 0.3) is 0 Å². The molecule has 0 atom stereocenters. The summed E-state index contributed by atoms with van der Waals surface area (Å²) in [5.41, 5.74) is 0.604. The second kappa shape index (κ2) is 7.33. The number of para-hydroxylation sites is 2. The van der Waals surface area contributed by atoms with Gasteiger partial charge in [-0.1, -0.05) is 54.6 Å². The Kier molecular flexibility index (Phi) is 4.77. The molecule has 4 nitrogen and oxygen atoms in total. The van der Waals surface area contributed by atoms with Gasteiger partial charge >= 0.3 is 5.97 Å². The molecular formula is C20H16O4. The van der Waals surface area contributed by atoms with Crippen molar-refractivity contribution in [3.8, 4) is 11.5 Å². The Bertz CT molecular complexity index is 759. The number of rotatable bonds is 6. The molecule has 0 heterocycles. The lowest BCUT2D eigenvalue weighted by Gasteiger charge is -2.22. The number of carbonyl (C=O) groups is 1. The highest BCUT2D eigenvalue weighted by Crippen LogP contribution is 2.27. The molecule has 3 aromatic carbocycles. The summed E-state index contributed by atoms with van der Waals surface area (Å²) < 4.78 is 11.8. The maximum absolute atomic E-state index is 11.5. The highest BCUT2D eigenvalue weighted by molar-refractivity contribution is 5.89. The molecule has 0 aliphatic carbocycles.